The van der Waals surface area contributed by atoms with E-state index in [0.717, 1.165) is 10.2 Å². The molecule has 0 fully saturated rings. The van der Waals surface area contributed by atoms with E-state index in [4.69, 9.17) is 16.3 Å². The lowest BCUT2D eigenvalue weighted by atomic mass is 10.1. The molecule has 0 radical (unpaired) electrons. The number of carbonyl (C=O) groups is 1. The van der Waals surface area contributed by atoms with E-state index in [9.17, 15) is 9.59 Å². The molecule has 0 unspecified atom stereocenters. The number of pyridine rings is 1. The van der Waals surface area contributed by atoms with Gasteiger partial charge in [0.05, 0.1) is 11.8 Å². The molecule has 1 aliphatic heterocycles. The topological polar surface area (TPSA) is 103 Å². The van der Waals surface area contributed by atoms with E-state index in [1.165, 1.54) is 4.57 Å². The van der Waals surface area contributed by atoms with Crippen LogP contribution in [0.5, 0.6) is 5.75 Å². The Hall–Kier alpha value is -3.98. The Morgan fingerprint density at radius 3 is 2.51 bits per heavy atom. The molecule has 1 aliphatic rings. The summed E-state index contributed by atoms with van der Waals surface area (Å²) in [5.74, 6) is 0.734. The third-order valence-electron chi connectivity index (χ3n) is 5.06. The second-order valence-electron chi connectivity index (χ2n) is 8.13. The highest BCUT2D eigenvalue weighted by molar-refractivity contribution is 6.30. The summed E-state index contributed by atoms with van der Waals surface area (Å²) in [5.41, 5.74) is 1.74. The van der Waals surface area contributed by atoms with Crippen molar-refractivity contribution in [3.05, 3.63) is 88.0 Å². The minimum atomic E-state index is -0.446. The van der Waals surface area contributed by atoms with Crippen molar-refractivity contribution < 1.29 is 9.53 Å². The van der Waals surface area contributed by atoms with Crippen LogP contribution in [0.4, 0.5) is 0 Å². The molecule has 4 rings (SSSR count). The first-order valence-corrected chi connectivity index (χ1v) is 12.5. The summed E-state index contributed by atoms with van der Waals surface area (Å²) in [7, 11) is 0. The lowest BCUT2D eigenvalue weighted by Crippen LogP contribution is -2.33. The van der Waals surface area contributed by atoms with Crippen LogP contribution in [0.15, 0.2) is 75.9 Å². The molecule has 2 aromatic heterocycles. The average molecular weight is 523 g/mol. The number of aliphatic imine (C=N–C) groups is 1. The SMILES string of the molecule is CC.CC(C)Oc1ccc(-n2c(C3=CC=NC=C(Cl)C3)nn(CC(=O)NCc3ccncc3)c2=O)cc1. The quantitative estimate of drug-likeness (QED) is 0.469. The van der Waals surface area contributed by atoms with E-state index in [1.807, 2.05) is 39.8 Å². The number of amides is 1. The fourth-order valence-corrected chi connectivity index (χ4v) is 3.69. The van der Waals surface area contributed by atoms with Gasteiger partial charge < -0.3 is 10.1 Å². The van der Waals surface area contributed by atoms with Crippen molar-refractivity contribution in [3.8, 4) is 11.4 Å². The van der Waals surface area contributed by atoms with Crippen LogP contribution in [0.25, 0.3) is 11.3 Å². The molecule has 0 atom stereocenters. The zero-order chi connectivity index (χ0) is 26.8. The standard InChI is InChI=1S/C25H25ClN6O3.C2H6/c1-17(2)35-22-5-3-21(4-6-22)32-24(19-9-12-28-15-20(26)13-19)30-31(25(32)34)16-23(33)29-14-18-7-10-27-11-8-18;1-2/h3-12,15,17H,13-14,16H2,1-2H3,(H,29,33);1-2H3. The summed E-state index contributed by atoms with van der Waals surface area (Å²) in [6, 6.07) is 10.8. The number of allylic oxidation sites excluding steroid dienone is 3. The van der Waals surface area contributed by atoms with Crippen LogP contribution in [0.1, 0.15) is 45.5 Å². The van der Waals surface area contributed by atoms with Crippen LogP contribution in [-0.2, 0) is 17.9 Å². The fraction of sp³-hybridized carbons (Fsp3) is 0.296. The van der Waals surface area contributed by atoms with Gasteiger partial charge in [-0.2, -0.15) is 0 Å². The first kappa shape index (κ1) is 27.6. The number of benzene rings is 1. The van der Waals surface area contributed by atoms with E-state index in [1.54, 1.807) is 55.1 Å². The van der Waals surface area contributed by atoms with Gasteiger partial charge in [0.1, 0.15) is 12.3 Å². The maximum Gasteiger partial charge on any atom is 0.351 e. The molecule has 1 amide bonds. The molecular formula is C27H31ClN6O3. The summed E-state index contributed by atoms with van der Waals surface area (Å²) in [5, 5.41) is 7.82. The van der Waals surface area contributed by atoms with Crippen LogP contribution in [0.2, 0.25) is 0 Å². The Morgan fingerprint density at radius 1 is 1.14 bits per heavy atom. The smallest absolute Gasteiger partial charge is 0.351 e. The Morgan fingerprint density at radius 2 is 1.84 bits per heavy atom. The highest BCUT2D eigenvalue weighted by Gasteiger charge is 2.21. The summed E-state index contributed by atoms with van der Waals surface area (Å²) in [6.45, 7) is 7.97. The van der Waals surface area contributed by atoms with Gasteiger partial charge in [-0.15, -0.1) is 5.10 Å². The highest BCUT2D eigenvalue weighted by atomic mass is 35.5. The average Bonchev–Trinajstić information content (AvgIpc) is 3.06. The number of rotatable bonds is 8. The Labute approximate surface area is 221 Å². The summed E-state index contributed by atoms with van der Waals surface area (Å²) in [4.78, 5) is 34.1. The van der Waals surface area contributed by atoms with Crippen molar-refractivity contribution in [1.29, 1.82) is 0 Å². The molecule has 0 saturated heterocycles. The van der Waals surface area contributed by atoms with Crippen LogP contribution < -0.4 is 15.7 Å². The fourth-order valence-electron chi connectivity index (χ4n) is 3.49. The zero-order valence-electron chi connectivity index (χ0n) is 21.4. The lowest BCUT2D eigenvalue weighted by Gasteiger charge is -2.11. The number of halogens is 1. The van der Waals surface area contributed by atoms with Crippen molar-refractivity contribution in [2.24, 2.45) is 4.99 Å². The third-order valence-corrected chi connectivity index (χ3v) is 5.29. The summed E-state index contributed by atoms with van der Waals surface area (Å²) >= 11 is 6.26. The van der Waals surface area contributed by atoms with Gasteiger partial charge in [0.15, 0.2) is 5.82 Å². The van der Waals surface area contributed by atoms with Crippen molar-refractivity contribution in [2.45, 2.75) is 53.3 Å². The van der Waals surface area contributed by atoms with Crippen LogP contribution >= 0.6 is 11.6 Å². The maximum atomic E-state index is 13.4. The van der Waals surface area contributed by atoms with E-state index < -0.39 is 5.69 Å². The van der Waals surface area contributed by atoms with E-state index in [-0.39, 0.29) is 18.6 Å². The van der Waals surface area contributed by atoms with Gasteiger partial charge in [0.25, 0.3) is 0 Å². The minimum Gasteiger partial charge on any atom is -0.491 e. The third kappa shape index (κ3) is 7.50. The van der Waals surface area contributed by atoms with Crippen molar-refractivity contribution in [2.75, 3.05) is 0 Å². The molecule has 0 aliphatic carbocycles. The van der Waals surface area contributed by atoms with Crippen molar-refractivity contribution in [1.82, 2.24) is 24.6 Å². The van der Waals surface area contributed by atoms with Crippen LogP contribution in [0, 0.1) is 0 Å². The maximum absolute atomic E-state index is 13.4. The molecule has 0 bridgehead atoms. The minimum absolute atomic E-state index is 0.0249. The molecule has 1 N–H and O–H groups in total. The molecule has 3 heterocycles. The molecule has 0 spiro atoms. The second kappa shape index (κ2) is 13.4. The normalized spacial score (nSPS) is 12.7. The Balaban J connectivity index is 0.00000186. The van der Waals surface area contributed by atoms with Gasteiger partial charge in [0.2, 0.25) is 5.91 Å². The zero-order valence-corrected chi connectivity index (χ0v) is 22.1. The number of carbonyl (C=O) groups excluding carboxylic acids is 1. The van der Waals surface area contributed by atoms with E-state index in [0.29, 0.717) is 40.8 Å². The first-order chi connectivity index (χ1) is 17.9. The Kier molecular flexibility index (Phi) is 9.97. The second-order valence-corrected chi connectivity index (χ2v) is 8.62. The molecule has 1 aromatic carbocycles. The highest BCUT2D eigenvalue weighted by Crippen LogP contribution is 2.26. The molecule has 9 nitrogen and oxygen atoms in total. The number of nitrogens with zero attached hydrogens (tertiary/aromatic N) is 5. The number of nitrogens with one attached hydrogen (secondary N) is 1. The predicted octanol–water partition coefficient (Wildman–Crippen LogP) is 4.50. The van der Waals surface area contributed by atoms with E-state index in [2.05, 4.69) is 20.4 Å². The first-order valence-electron chi connectivity index (χ1n) is 12.1. The molecule has 10 heteroatoms. The molecule has 3 aromatic rings. The van der Waals surface area contributed by atoms with Gasteiger partial charge in [0, 0.05) is 48.4 Å². The number of hydrogen-bond donors (Lipinski definition) is 1. The molecule has 194 valence electrons. The Bertz CT molecular complexity index is 1340. The van der Waals surface area contributed by atoms with Crippen molar-refractivity contribution >= 4 is 29.3 Å². The van der Waals surface area contributed by atoms with Gasteiger partial charge in [-0.1, -0.05) is 25.4 Å². The van der Waals surface area contributed by atoms with Gasteiger partial charge in [-0.25, -0.2) is 14.0 Å². The molecule has 37 heavy (non-hydrogen) atoms. The lowest BCUT2D eigenvalue weighted by molar-refractivity contribution is -0.122. The molecule has 0 saturated carbocycles. The van der Waals surface area contributed by atoms with Gasteiger partial charge in [-0.3, -0.25) is 14.8 Å². The molecular weight excluding hydrogens is 492 g/mol. The monoisotopic (exact) mass is 522 g/mol. The van der Waals surface area contributed by atoms with Crippen LogP contribution in [-0.4, -0.2) is 37.6 Å². The van der Waals surface area contributed by atoms with Gasteiger partial charge in [-0.05, 0) is 61.9 Å². The van der Waals surface area contributed by atoms with E-state index >= 15 is 0 Å². The number of aromatic nitrogens is 4. The van der Waals surface area contributed by atoms with Crippen molar-refractivity contribution in [3.63, 3.8) is 0 Å². The predicted molar refractivity (Wildman–Crippen MR) is 146 cm³/mol. The summed E-state index contributed by atoms with van der Waals surface area (Å²) in [6.07, 6.45) is 8.59. The summed E-state index contributed by atoms with van der Waals surface area (Å²) < 4.78 is 8.33. The van der Waals surface area contributed by atoms with Crippen LogP contribution in [0.3, 0.4) is 0 Å². The van der Waals surface area contributed by atoms with Gasteiger partial charge >= 0.3 is 5.69 Å². The number of ether oxygens (including phenoxy) is 1. The number of hydrogen-bond acceptors (Lipinski definition) is 6. The largest absolute Gasteiger partial charge is 0.491 e.